The third kappa shape index (κ3) is 1.78. The minimum atomic E-state index is -0.221. The number of halogens is 1. The van der Waals surface area contributed by atoms with Crippen LogP contribution in [-0.2, 0) is 7.05 Å². The van der Waals surface area contributed by atoms with Crippen molar-refractivity contribution in [3.63, 3.8) is 0 Å². The van der Waals surface area contributed by atoms with E-state index >= 15 is 0 Å². The summed E-state index contributed by atoms with van der Waals surface area (Å²) in [6, 6.07) is 3.09. The van der Waals surface area contributed by atoms with Gasteiger partial charge in [0.25, 0.3) is 0 Å². The molecule has 0 saturated carbocycles. The maximum atomic E-state index is 11.6. The summed E-state index contributed by atoms with van der Waals surface area (Å²) in [4.78, 5) is 11.6. The monoisotopic (exact) mass is 224 g/mol. The summed E-state index contributed by atoms with van der Waals surface area (Å²) in [7, 11) is 1.76. The van der Waals surface area contributed by atoms with Crippen LogP contribution >= 0.6 is 11.6 Å². The fraction of sp³-hybridized carbons (Fsp3) is 0.222. The second-order valence-electron chi connectivity index (χ2n) is 3.22. The van der Waals surface area contributed by atoms with Gasteiger partial charge in [-0.25, -0.2) is 0 Å². The Morgan fingerprint density at radius 2 is 2.20 bits per heavy atom. The van der Waals surface area contributed by atoms with Crippen LogP contribution in [0.5, 0.6) is 0 Å². The molecule has 0 aliphatic heterocycles. The minimum Gasteiger partial charge on any atom is -0.287 e. The summed E-state index contributed by atoms with van der Waals surface area (Å²) in [6.07, 6.45) is 0. The predicted octanol–water partition coefficient (Wildman–Crippen LogP) is 1.13. The van der Waals surface area contributed by atoms with Gasteiger partial charge >= 0.3 is 0 Å². The molecule has 0 radical (unpaired) electrons. The van der Waals surface area contributed by atoms with E-state index in [1.165, 1.54) is 6.07 Å². The topological polar surface area (TPSA) is 63.6 Å². The highest BCUT2D eigenvalue weighted by atomic mass is 35.5. The fourth-order valence-electron chi connectivity index (χ4n) is 1.40. The molecule has 2 rings (SSSR count). The van der Waals surface area contributed by atoms with Crippen molar-refractivity contribution >= 4 is 11.6 Å². The molecule has 0 fully saturated rings. The molecule has 0 aliphatic carbocycles. The van der Waals surface area contributed by atoms with E-state index in [4.69, 9.17) is 11.6 Å². The van der Waals surface area contributed by atoms with Gasteiger partial charge in [-0.3, -0.25) is 14.6 Å². The van der Waals surface area contributed by atoms with Gasteiger partial charge in [-0.2, -0.15) is 10.2 Å². The quantitative estimate of drug-likeness (QED) is 0.790. The van der Waals surface area contributed by atoms with Crippen LogP contribution in [0.2, 0.25) is 5.15 Å². The van der Waals surface area contributed by atoms with Crippen LogP contribution in [0.25, 0.3) is 11.4 Å². The van der Waals surface area contributed by atoms with Crippen molar-refractivity contribution < 1.29 is 0 Å². The standard InChI is InChI=1S/C9H9ClN4O/c1-5-3-6(14(2)13-5)9-7(15)4-8(10)11-12-9/h3-4H,1-2H3,(H,11,15). The fourth-order valence-corrected chi connectivity index (χ4v) is 1.54. The molecule has 15 heavy (non-hydrogen) atoms. The molecule has 0 unspecified atom stereocenters. The van der Waals surface area contributed by atoms with E-state index in [0.717, 1.165) is 5.69 Å². The Balaban J connectivity index is 2.64. The lowest BCUT2D eigenvalue weighted by Gasteiger charge is -1.99. The summed E-state index contributed by atoms with van der Waals surface area (Å²) < 4.78 is 1.61. The Morgan fingerprint density at radius 1 is 1.47 bits per heavy atom. The zero-order valence-electron chi connectivity index (χ0n) is 8.28. The lowest BCUT2D eigenvalue weighted by molar-refractivity contribution is 0.759. The lowest BCUT2D eigenvalue weighted by Crippen LogP contribution is -2.10. The normalized spacial score (nSPS) is 10.6. The van der Waals surface area contributed by atoms with Gasteiger partial charge in [-0.15, -0.1) is 0 Å². The summed E-state index contributed by atoms with van der Waals surface area (Å²) in [5.74, 6) is 0. The van der Waals surface area contributed by atoms with E-state index in [1.807, 2.05) is 6.92 Å². The van der Waals surface area contributed by atoms with E-state index in [1.54, 1.807) is 17.8 Å². The van der Waals surface area contributed by atoms with E-state index in [0.29, 0.717) is 11.4 Å². The largest absolute Gasteiger partial charge is 0.287 e. The first kappa shape index (κ1) is 9.92. The molecule has 0 atom stereocenters. The highest BCUT2D eigenvalue weighted by Gasteiger charge is 2.10. The van der Waals surface area contributed by atoms with E-state index in [2.05, 4.69) is 15.3 Å². The first-order chi connectivity index (χ1) is 7.08. The van der Waals surface area contributed by atoms with Crippen LogP contribution in [0.4, 0.5) is 0 Å². The summed E-state index contributed by atoms with van der Waals surface area (Å²) in [5, 5.41) is 10.8. The first-order valence-corrected chi connectivity index (χ1v) is 4.72. The zero-order valence-corrected chi connectivity index (χ0v) is 9.04. The number of hydrogen-bond acceptors (Lipinski definition) is 3. The smallest absolute Gasteiger partial charge is 0.211 e. The Morgan fingerprint density at radius 3 is 2.73 bits per heavy atom. The van der Waals surface area contributed by atoms with Crippen LogP contribution in [0.3, 0.4) is 0 Å². The average molecular weight is 225 g/mol. The van der Waals surface area contributed by atoms with Gasteiger partial charge in [0.05, 0.1) is 11.4 Å². The maximum Gasteiger partial charge on any atom is 0.211 e. The maximum absolute atomic E-state index is 11.6. The van der Waals surface area contributed by atoms with Crippen molar-refractivity contribution in [2.24, 2.45) is 7.05 Å². The number of aryl methyl sites for hydroxylation is 2. The Bertz CT molecular complexity index is 557. The van der Waals surface area contributed by atoms with Crippen LogP contribution in [-0.4, -0.2) is 20.0 Å². The molecule has 2 aromatic rings. The van der Waals surface area contributed by atoms with E-state index < -0.39 is 0 Å². The van der Waals surface area contributed by atoms with Crippen LogP contribution in [0.1, 0.15) is 5.69 Å². The molecule has 2 aromatic heterocycles. The van der Waals surface area contributed by atoms with Crippen molar-refractivity contribution in [3.05, 3.63) is 33.2 Å². The average Bonchev–Trinajstić information content (AvgIpc) is 2.45. The molecule has 6 heteroatoms. The molecule has 0 aromatic carbocycles. The molecular weight excluding hydrogens is 216 g/mol. The predicted molar refractivity (Wildman–Crippen MR) is 56.8 cm³/mol. The van der Waals surface area contributed by atoms with Gasteiger partial charge in [0.1, 0.15) is 5.15 Å². The second-order valence-corrected chi connectivity index (χ2v) is 3.63. The van der Waals surface area contributed by atoms with Crippen LogP contribution < -0.4 is 5.43 Å². The molecule has 0 aliphatic rings. The first-order valence-electron chi connectivity index (χ1n) is 4.34. The van der Waals surface area contributed by atoms with Crippen molar-refractivity contribution in [1.82, 2.24) is 20.0 Å². The van der Waals surface area contributed by atoms with Crippen LogP contribution in [0.15, 0.2) is 16.9 Å². The Kier molecular flexibility index (Phi) is 2.32. The number of rotatable bonds is 1. The number of aromatic nitrogens is 4. The minimum absolute atomic E-state index is 0.221. The van der Waals surface area contributed by atoms with Gasteiger partial charge in [-0.05, 0) is 13.0 Å². The molecule has 2 heterocycles. The van der Waals surface area contributed by atoms with Crippen molar-refractivity contribution in [2.75, 3.05) is 0 Å². The number of hydrogen-bond donors (Lipinski definition) is 1. The van der Waals surface area contributed by atoms with Crippen molar-refractivity contribution in [1.29, 1.82) is 0 Å². The van der Waals surface area contributed by atoms with E-state index in [9.17, 15) is 4.79 Å². The highest BCUT2D eigenvalue weighted by molar-refractivity contribution is 6.29. The third-order valence-electron chi connectivity index (χ3n) is 2.01. The zero-order chi connectivity index (χ0) is 11.0. The number of H-pyrrole nitrogens is 1. The molecule has 0 bridgehead atoms. The molecule has 0 spiro atoms. The van der Waals surface area contributed by atoms with Crippen molar-refractivity contribution in [2.45, 2.75) is 6.92 Å². The summed E-state index contributed by atoms with van der Waals surface area (Å²) in [6.45, 7) is 1.85. The van der Waals surface area contributed by atoms with Gasteiger partial charge < -0.3 is 0 Å². The Hall–Kier alpha value is -1.62. The Labute approximate surface area is 90.7 Å². The molecular formula is C9H9ClN4O. The number of aromatic amines is 1. The number of nitrogens with one attached hydrogen (secondary N) is 1. The molecule has 0 amide bonds. The van der Waals surface area contributed by atoms with Gasteiger partial charge in [0, 0.05) is 13.1 Å². The number of nitrogens with zero attached hydrogens (tertiary/aromatic N) is 3. The molecule has 78 valence electrons. The third-order valence-corrected chi connectivity index (χ3v) is 2.20. The molecule has 1 N–H and O–H groups in total. The van der Waals surface area contributed by atoms with Crippen molar-refractivity contribution in [3.8, 4) is 11.4 Å². The van der Waals surface area contributed by atoms with Gasteiger partial charge in [-0.1, -0.05) is 11.6 Å². The van der Waals surface area contributed by atoms with Crippen LogP contribution in [0, 0.1) is 6.92 Å². The molecule has 0 saturated heterocycles. The van der Waals surface area contributed by atoms with Gasteiger partial charge in [0.15, 0.2) is 5.69 Å². The van der Waals surface area contributed by atoms with Gasteiger partial charge in [0.2, 0.25) is 5.43 Å². The lowest BCUT2D eigenvalue weighted by atomic mass is 10.2. The molecule has 5 nitrogen and oxygen atoms in total. The highest BCUT2D eigenvalue weighted by Crippen LogP contribution is 2.13. The summed E-state index contributed by atoms with van der Waals surface area (Å²) >= 11 is 5.61. The second kappa shape index (κ2) is 3.51. The van der Waals surface area contributed by atoms with E-state index in [-0.39, 0.29) is 10.6 Å². The SMILES string of the molecule is Cc1cc(-c2n[nH]c(Cl)cc2=O)n(C)n1. The summed E-state index contributed by atoms with van der Waals surface area (Å²) in [5.41, 5.74) is 1.61.